The van der Waals surface area contributed by atoms with Gasteiger partial charge in [0.25, 0.3) is 5.69 Å². The average Bonchev–Trinajstić information content (AvgIpc) is 3.22. The van der Waals surface area contributed by atoms with Crippen LogP contribution in [-0.4, -0.2) is 72.1 Å². The lowest BCUT2D eigenvalue weighted by Crippen LogP contribution is -2.51. The third kappa shape index (κ3) is 11.0. The number of nitrogens with one attached hydrogen (secondary N) is 2. The van der Waals surface area contributed by atoms with Crippen LogP contribution in [0.3, 0.4) is 0 Å². The Hall–Kier alpha value is -5.14. The summed E-state index contributed by atoms with van der Waals surface area (Å²) >= 11 is 0. The molecule has 0 unspecified atom stereocenters. The van der Waals surface area contributed by atoms with Crippen molar-refractivity contribution < 1.29 is 29.1 Å². The van der Waals surface area contributed by atoms with Crippen molar-refractivity contribution in [3.05, 3.63) is 129 Å². The number of nitro benzene ring substituents is 1. The summed E-state index contributed by atoms with van der Waals surface area (Å²) < 4.78 is 13.5. The number of carbonyl (C=O) groups is 2. The number of aliphatic hydroxyl groups excluding tert-OH is 1. The number of anilines is 1. The van der Waals surface area contributed by atoms with Gasteiger partial charge in [0.15, 0.2) is 6.29 Å². The second-order valence-corrected chi connectivity index (χ2v) is 14.8. The fraction of sp³-hybridized carbons (Fsp3) is 0.409. The molecule has 4 aromatic rings. The molecule has 0 radical (unpaired) electrons. The number of amides is 2. The van der Waals surface area contributed by atoms with Crippen LogP contribution in [0.4, 0.5) is 11.4 Å². The lowest BCUT2D eigenvalue weighted by Gasteiger charge is -2.44. The van der Waals surface area contributed by atoms with E-state index in [1.54, 1.807) is 12.1 Å². The Labute approximate surface area is 329 Å². The van der Waals surface area contributed by atoms with Crippen molar-refractivity contribution in [3.8, 4) is 11.1 Å². The summed E-state index contributed by atoms with van der Waals surface area (Å²) in [5.74, 6) is 0.0402. The molecule has 2 fully saturated rings. The molecule has 0 saturated carbocycles. The van der Waals surface area contributed by atoms with Crippen molar-refractivity contribution >= 4 is 23.2 Å². The highest BCUT2D eigenvalue weighted by atomic mass is 16.7. The maximum Gasteiger partial charge on any atom is 0.269 e. The van der Waals surface area contributed by atoms with E-state index in [9.17, 15) is 24.8 Å². The molecule has 2 aliphatic heterocycles. The fourth-order valence-corrected chi connectivity index (χ4v) is 7.39. The summed E-state index contributed by atoms with van der Waals surface area (Å²) in [4.78, 5) is 38.9. The van der Waals surface area contributed by atoms with Crippen LogP contribution in [0.15, 0.2) is 97.1 Å². The van der Waals surface area contributed by atoms with Gasteiger partial charge in [0.05, 0.1) is 23.7 Å². The highest BCUT2D eigenvalue weighted by molar-refractivity contribution is 5.76. The van der Waals surface area contributed by atoms with E-state index in [-0.39, 0.29) is 47.2 Å². The number of carbonyl (C=O) groups excluding carboxylic acids is 2. The molecule has 2 saturated heterocycles. The Morgan fingerprint density at radius 1 is 0.821 bits per heavy atom. The molecule has 6 rings (SSSR count). The molecule has 2 heterocycles. The molecule has 0 bridgehead atoms. The summed E-state index contributed by atoms with van der Waals surface area (Å²) in [6, 6.07) is 31.2. The molecule has 12 heteroatoms. The van der Waals surface area contributed by atoms with Crippen molar-refractivity contribution in [1.29, 1.82) is 0 Å². The number of non-ortho nitro benzene ring substituents is 1. The summed E-state index contributed by atoms with van der Waals surface area (Å²) in [6.45, 7) is 8.78. The highest BCUT2D eigenvalue weighted by Gasteiger charge is 2.39. The molecule has 0 aromatic heterocycles. The minimum atomic E-state index is -0.582. The third-order valence-corrected chi connectivity index (χ3v) is 10.7. The maximum atomic E-state index is 12.5. The average molecular weight is 764 g/mol. The monoisotopic (exact) mass is 763 g/mol. The molecule has 4 atom stereocenters. The number of benzene rings is 4. The molecule has 296 valence electrons. The first-order valence-corrected chi connectivity index (χ1v) is 19.6. The number of piperazine rings is 1. The van der Waals surface area contributed by atoms with Crippen LogP contribution in [0.5, 0.6) is 0 Å². The first-order valence-electron chi connectivity index (χ1n) is 19.6. The zero-order valence-corrected chi connectivity index (χ0v) is 32.3. The lowest BCUT2D eigenvalue weighted by atomic mass is 9.89. The van der Waals surface area contributed by atoms with E-state index < -0.39 is 6.29 Å². The molecule has 4 aromatic carbocycles. The van der Waals surface area contributed by atoms with Gasteiger partial charge in [-0.05, 0) is 58.9 Å². The van der Waals surface area contributed by atoms with E-state index in [0.717, 1.165) is 91.1 Å². The van der Waals surface area contributed by atoms with Crippen molar-refractivity contribution in [1.82, 2.24) is 15.5 Å². The molecule has 12 nitrogen and oxygen atoms in total. The molecular weight excluding hydrogens is 711 g/mol. The molecular formula is C44H53N5O7. The van der Waals surface area contributed by atoms with Gasteiger partial charge in [0.1, 0.15) is 0 Å². The largest absolute Gasteiger partial charge is 0.392 e. The Morgan fingerprint density at radius 3 is 2.21 bits per heavy atom. The SMILES string of the molecule is CC(=O)NCCCCCC(=O)NCc1cccc(-c2ccc([C@H]3O[C@@H](CN4CCN(c5ccc([N+](=O)[O-])cc5)CC4)[C@@H](C)[C@@H](c4ccc(CO)cc4)O3)cc2)c1. The molecule has 56 heavy (non-hydrogen) atoms. The fourth-order valence-electron chi connectivity index (χ4n) is 7.39. The van der Waals surface area contributed by atoms with Crippen LogP contribution in [-0.2, 0) is 32.2 Å². The van der Waals surface area contributed by atoms with Crippen LogP contribution in [0, 0.1) is 16.0 Å². The summed E-state index contributed by atoms with van der Waals surface area (Å²) in [5, 5.41) is 26.6. The first kappa shape index (κ1) is 40.5. The number of hydrogen-bond donors (Lipinski definition) is 3. The second-order valence-electron chi connectivity index (χ2n) is 14.8. The third-order valence-electron chi connectivity index (χ3n) is 10.7. The number of nitrogens with zero attached hydrogens (tertiary/aromatic N) is 3. The minimum Gasteiger partial charge on any atom is -0.392 e. The number of hydrogen-bond acceptors (Lipinski definition) is 9. The Morgan fingerprint density at radius 2 is 1.54 bits per heavy atom. The lowest BCUT2D eigenvalue weighted by molar-refractivity contribution is -0.384. The standard InChI is InChI=1S/C44H53N5O7/c1-31-41(29-47-23-25-48(26-24-47)39-18-20-40(21-19-39)49(53)54)55-44(56-43(31)36-12-10-33(30-50)11-13-36)37-16-14-35(15-17-37)38-8-6-7-34(27-38)28-46-42(52)9-4-3-5-22-45-32(2)51/h6-8,10-21,27,31,41,43-44,50H,3-5,9,22-26,28-30H2,1-2H3,(H,45,51)(H,46,52)/t31-,41+,43+,44+/m1/s1. The number of nitro groups is 1. The maximum absolute atomic E-state index is 12.5. The van der Waals surface area contributed by atoms with Gasteiger partial charge in [0.2, 0.25) is 11.8 Å². The number of ether oxygens (including phenoxy) is 2. The first-order chi connectivity index (χ1) is 27.2. The van der Waals surface area contributed by atoms with E-state index in [1.165, 1.54) is 6.92 Å². The predicted molar refractivity (Wildman–Crippen MR) is 216 cm³/mol. The van der Waals surface area contributed by atoms with Crippen molar-refractivity contribution in [2.45, 2.75) is 71.2 Å². The van der Waals surface area contributed by atoms with E-state index in [2.05, 4.69) is 63.8 Å². The second kappa shape index (κ2) is 19.6. The van der Waals surface area contributed by atoms with Crippen molar-refractivity contribution in [3.63, 3.8) is 0 Å². The predicted octanol–water partition coefficient (Wildman–Crippen LogP) is 6.68. The topological polar surface area (TPSA) is 147 Å². The van der Waals surface area contributed by atoms with Gasteiger partial charge in [-0.1, -0.05) is 80.1 Å². The zero-order chi connectivity index (χ0) is 39.4. The minimum absolute atomic E-state index is 0.0193. The van der Waals surface area contributed by atoms with Gasteiger partial charge in [-0.25, -0.2) is 0 Å². The zero-order valence-electron chi connectivity index (χ0n) is 32.3. The van der Waals surface area contributed by atoms with Crippen LogP contribution in [0.2, 0.25) is 0 Å². The quantitative estimate of drug-likeness (QED) is 0.0646. The van der Waals surface area contributed by atoms with E-state index in [0.29, 0.717) is 19.5 Å². The molecule has 0 aliphatic carbocycles. The highest BCUT2D eigenvalue weighted by Crippen LogP contribution is 2.42. The Kier molecular flexibility index (Phi) is 14.2. The van der Waals surface area contributed by atoms with Gasteiger partial charge >= 0.3 is 0 Å². The number of aliphatic hydroxyl groups is 1. The summed E-state index contributed by atoms with van der Waals surface area (Å²) in [7, 11) is 0. The van der Waals surface area contributed by atoms with Crippen LogP contribution >= 0.6 is 0 Å². The number of unbranched alkanes of at least 4 members (excludes halogenated alkanes) is 2. The van der Waals surface area contributed by atoms with Gasteiger partial charge in [-0.2, -0.15) is 0 Å². The summed E-state index contributed by atoms with van der Waals surface area (Å²) in [5.41, 5.74) is 7.00. The Bertz CT molecular complexity index is 1900. The number of rotatable bonds is 16. The van der Waals surface area contributed by atoms with Gasteiger partial charge in [0, 0.05) is 88.5 Å². The normalized spacial score (nSPS) is 20.0. The molecule has 0 spiro atoms. The van der Waals surface area contributed by atoms with Crippen LogP contribution in [0.1, 0.15) is 74.2 Å². The molecule has 2 aliphatic rings. The van der Waals surface area contributed by atoms with E-state index in [1.807, 2.05) is 48.5 Å². The van der Waals surface area contributed by atoms with Crippen LogP contribution in [0.25, 0.3) is 11.1 Å². The van der Waals surface area contributed by atoms with Crippen LogP contribution < -0.4 is 15.5 Å². The van der Waals surface area contributed by atoms with E-state index in [4.69, 9.17) is 9.47 Å². The van der Waals surface area contributed by atoms with Gasteiger partial charge < -0.3 is 30.1 Å². The molecule has 2 amide bonds. The van der Waals surface area contributed by atoms with Crippen molar-refractivity contribution in [2.24, 2.45) is 5.92 Å². The smallest absolute Gasteiger partial charge is 0.269 e. The molecule has 3 N–H and O–H groups in total. The van der Waals surface area contributed by atoms with E-state index >= 15 is 0 Å². The van der Waals surface area contributed by atoms with Gasteiger partial charge in [-0.3, -0.25) is 24.6 Å². The Balaban J connectivity index is 1.08. The summed E-state index contributed by atoms with van der Waals surface area (Å²) in [6.07, 6.45) is 2.08. The van der Waals surface area contributed by atoms with Gasteiger partial charge in [-0.15, -0.1) is 0 Å². The van der Waals surface area contributed by atoms with Crippen molar-refractivity contribution in [2.75, 3.05) is 44.2 Å².